The van der Waals surface area contributed by atoms with Gasteiger partial charge in [0.2, 0.25) is 0 Å². The van der Waals surface area contributed by atoms with Crippen molar-refractivity contribution < 1.29 is 14.4 Å². The number of benzene rings is 2. The summed E-state index contributed by atoms with van der Waals surface area (Å²) in [4.78, 5) is 8.64. The van der Waals surface area contributed by atoms with Crippen LogP contribution in [0.5, 0.6) is 11.5 Å². The van der Waals surface area contributed by atoms with Gasteiger partial charge in [0.15, 0.2) is 11.4 Å². The van der Waals surface area contributed by atoms with E-state index in [0.717, 1.165) is 27.8 Å². The minimum absolute atomic E-state index is 0.0222. The minimum Gasteiger partial charge on any atom is -0.455 e. The van der Waals surface area contributed by atoms with Crippen LogP contribution in [-0.4, -0.2) is 31.4 Å². The molecule has 0 aliphatic carbocycles. The standard InChI is InChI=1S/C22H18ClN5O3/c1-13-20-18(3-2-4-19(20)31-27-13)30-17-6-5-14(11-15(17)23)26-22-21-16(24-12-25-22)7-8-28(21)9-10-29/h2-8,11-12,29H,9-10H2,1H3,(H,24,25,26). The van der Waals surface area contributed by atoms with Gasteiger partial charge in [-0.1, -0.05) is 22.8 Å². The Morgan fingerprint density at radius 2 is 2.06 bits per heavy atom. The number of aliphatic hydroxyl groups is 1. The highest BCUT2D eigenvalue weighted by Gasteiger charge is 2.14. The number of nitrogens with one attached hydrogen (secondary N) is 1. The molecule has 156 valence electrons. The number of hydrogen-bond acceptors (Lipinski definition) is 7. The Hall–Kier alpha value is -3.62. The second-order valence-electron chi connectivity index (χ2n) is 6.96. The summed E-state index contributed by atoms with van der Waals surface area (Å²) in [5.74, 6) is 1.76. The molecule has 2 N–H and O–H groups in total. The lowest BCUT2D eigenvalue weighted by Crippen LogP contribution is -2.04. The van der Waals surface area contributed by atoms with E-state index in [1.807, 2.05) is 48.0 Å². The number of nitrogens with zero attached hydrogens (tertiary/aromatic N) is 4. The van der Waals surface area contributed by atoms with Crippen molar-refractivity contribution in [3.63, 3.8) is 0 Å². The van der Waals surface area contributed by atoms with Crippen molar-refractivity contribution in [2.24, 2.45) is 0 Å². The molecule has 3 heterocycles. The highest BCUT2D eigenvalue weighted by molar-refractivity contribution is 6.32. The first-order valence-electron chi connectivity index (χ1n) is 9.64. The second-order valence-corrected chi connectivity index (χ2v) is 7.37. The molecule has 0 spiro atoms. The van der Waals surface area contributed by atoms with Gasteiger partial charge in [-0.25, -0.2) is 9.97 Å². The summed E-state index contributed by atoms with van der Waals surface area (Å²) in [6, 6.07) is 12.8. The summed E-state index contributed by atoms with van der Waals surface area (Å²) in [5.41, 5.74) is 3.74. The van der Waals surface area contributed by atoms with Crippen molar-refractivity contribution in [1.82, 2.24) is 19.7 Å². The highest BCUT2D eigenvalue weighted by Crippen LogP contribution is 2.37. The van der Waals surface area contributed by atoms with Crippen molar-refractivity contribution >= 4 is 45.1 Å². The molecular formula is C22H18ClN5O3. The molecule has 8 nitrogen and oxygen atoms in total. The lowest BCUT2D eigenvalue weighted by Gasteiger charge is -2.12. The predicted molar refractivity (Wildman–Crippen MR) is 118 cm³/mol. The Labute approximate surface area is 182 Å². The SMILES string of the molecule is Cc1noc2cccc(Oc3ccc(Nc4ncnc5ccn(CCO)c45)cc3Cl)c12. The van der Waals surface area contributed by atoms with Crippen LogP contribution >= 0.6 is 11.6 Å². The number of anilines is 2. The molecule has 5 rings (SSSR count). The van der Waals surface area contributed by atoms with E-state index in [1.165, 1.54) is 6.33 Å². The van der Waals surface area contributed by atoms with Crippen LogP contribution in [0.1, 0.15) is 5.69 Å². The van der Waals surface area contributed by atoms with Crippen molar-refractivity contribution in [2.75, 3.05) is 11.9 Å². The van der Waals surface area contributed by atoms with E-state index in [9.17, 15) is 5.11 Å². The van der Waals surface area contributed by atoms with E-state index in [4.69, 9.17) is 20.9 Å². The number of halogens is 1. The average molecular weight is 436 g/mol. The Kier molecular flexibility index (Phi) is 4.93. The van der Waals surface area contributed by atoms with Gasteiger partial charge in [-0.2, -0.15) is 0 Å². The van der Waals surface area contributed by atoms with E-state index in [1.54, 1.807) is 12.1 Å². The summed E-state index contributed by atoms with van der Waals surface area (Å²) < 4.78 is 13.3. The zero-order chi connectivity index (χ0) is 21.4. The number of hydrogen-bond donors (Lipinski definition) is 2. The van der Waals surface area contributed by atoms with E-state index in [2.05, 4.69) is 20.4 Å². The average Bonchev–Trinajstić information content (AvgIpc) is 3.35. The van der Waals surface area contributed by atoms with Crippen LogP contribution in [0.3, 0.4) is 0 Å². The zero-order valence-corrected chi connectivity index (χ0v) is 17.3. The summed E-state index contributed by atoms with van der Waals surface area (Å²) in [5, 5.41) is 17.8. The summed E-state index contributed by atoms with van der Waals surface area (Å²) in [7, 11) is 0. The third-order valence-corrected chi connectivity index (χ3v) is 5.23. The van der Waals surface area contributed by atoms with Gasteiger partial charge < -0.3 is 24.3 Å². The first kappa shape index (κ1) is 19.3. The fraction of sp³-hybridized carbons (Fsp3) is 0.136. The molecule has 0 amide bonds. The van der Waals surface area contributed by atoms with Crippen molar-refractivity contribution in [2.45, 2.75) is 13.5 Å². The summed E-state index contributed by atoms with van der Waals surface area (Å²) in [6.45, 7) is 2.34. The van der Waals surface area contributed by atoms with Crippen molar-refractivity contribution in [3.8, 4) is 11.5 Å². The Morgan fingerprint density at radius 1 is 1.16 bits per heavy atom. The fourth-order valence-electron chi connectivity index (χ4n) is 3.53. The maximum absolute atomic E-state index is 9.31. The number of aromatic nitrogens is 4. The molecule has 0 fully saturated rings. The van der Waals surface area contributed by atoms with Crippen LogP contribution in [0.25, 0.3) is 22.0 Å². The Bertz CT molecular complexity index is 1390. The molecule has 0 saturated carbocycles. The topological polar surface area (TPSA) is 98.2 Å². The number of rotatable bonds is 6. The molecule has 0 aliphatic rings. The third-order valence-electron chi connectivity index (χ3n) is 4.94. The Morgan fingerprint density at radius 3 is 2.90 bits per heavy atom. The predicted octanol–water partition coefficient (Wildman–Crippen LogP) is 5.06. The molecule has 2 aromatic carbocycles. The molecule has 0 radical (unpaired) electrons. The molecule has 31 heavy (non-hydrogen) atoms. The Balaban J connectivity index is 1.45. The summed E-state index contributed by atoms with van der Waals surface area (Å²) in [6.07, 6.45) is 3.37. The zero-order valence-electron chi connectivity index (χ0n) is 16.5. The number of ether oxygens (including phenoxy) is 1. The van der Waals surface area contributed by atoms with Gasteiger partial charge in [-0.15, -0.1) is 0 Å². The summed E-state index contributed by atoms with van der Waals surface area (Å²) >= 11 is 6.51. The lowest BCUT2D eigenvalue weighted by atomic mass is 10.2. The lowest BCUT2D eigenvalue weighted by molar-refractivity contribution is 0.278. The van der Waals surface area contributed by atoms with Gasteiger partial charge >= 0.3 is 0 Å². The van der Waals surface area contributed by atoms with Crippen LogP contribution < -0.4 is 10.1 Å². The number of aliphatic hydroxyl groups excluding tert-OH is 1. The first-order chi connectivity index (χ1) is 15.1. The number of aryl methyl sites for hydroxylation is 1. The van der Waals surface area contributed by atoms with Crippen LogP contribution in [0.15, 0.2) is 59.5 Å². The van der Waals surface area contributed by atoms with Crippen molar-refractivity contribution in [1.29, 1.82) is 0 Å². The molecule has 3 aromatic heterocycles. The maximum Gasteiger partial charge on any atom is 0.170 e. The largest absolute Gasteiger partial charge is 0.455 e. The first-order valence-corrected chi connectivity index (χ1v) is 10.0. The molecule has 0 saturated heterocycles. The smallest absolute Gasteiger partial charge is 0.170 e. The fourth-order valence-corrected chi connectivity index (χ4v) is 3.75. The molecule has 9 heteroatoms. The van der Waals surface area contributed by atoms with Gasteiger partial charge in [0.05, 0.1) is 28.2 Å². The van der Waals surface area contributed by atoms with E-state index < -0.39 is 0 Å². The molecule has 0 atom stereocenters. The van der Waals surface area contributed by atoms with Gasteiger partial charge in [-0.05, 0) is 43.3 Å². The molecule has 0 bridgehead atoms. The normalized spacial score (nSPS) is 11.3. The van der Waals surface area contributed by atoms with Crippen LogP contribution in [-0.2, 0) is 6.54 Å². The second kappa shape index (κ2) is 7.90. The third kappa shape index (κ3) is 3.56. The minimum atomic E-state index is 0.0222. The van der Waals surface area contributed by atoms with Crippen LogP contribution in [0.2, 0.25) is 5.02 Å². The maximum atomic E-state index is 9.31. The molecule has 0 unspecified atom stereocenters. The molecule has 0 aliphatic heterocycles. The van der Waals surface area contributed by atoms with Crippen LogP contribution in [0, 0.1) is 6.92 Å². The molecular weight excluding hydrogens is 418 g/mol. The number of fused-ring (bicyclic) bond motifs is 2. The monoisotopic (exact) mass is 435 g/mol. The van der Waals surface area contributed by atoms with Crippen molar-refractivity contribution in [3.05, 3.63) is 65.7 Å². The van der Waals surface area contributed by atoms with Gasteiger partial charge in [-0.3, -0.25) is 0 Å². The highest BCUT2D eigenvalue weighted by atomic mass is 35.5. The van der Waals surface area contributed by atoms with E-state index in [0.29, 0.717) is 34.5 Å². The van der Waals surface area contributed by atoms with Gasteiger partial charge in [0.1, 0.15) is 23.3 Å². The quantitative estimate of drug-likeness (QED) is 0.384. The van der Waals surface area contributed by atoms with E-state index in [-0.39, 0.29) is 6.61 Å². The van der Waals surface area contributed by atoms with Gasteiger partial charge in [0, 0.05) is 18.4 Å². The van der Waals surface area contributed by atoms with E-state index >= 15 is 0 Å². The van der Waals surface area contributed by atoms with Crippen LogP contribution in [0.4, 0.5) is 11.5 Å². The molecule has 5 aromatic rings. The van der Waals surface area contributed by atoms with Gasteiger partial charge in [0.25, 0.3) is 0 Å².